The number of anilines is 1. The molecule has 0 amide bonds. The van der Waals surface area contributed by atoms with Crippen molar-refractivity contribution in [2.45, 2.75) is 31.5 Å². The molecule has 3 N–H and O–H groups in total. The van der Waals surface area contributed by atoms with Crippen LogP contribution in [0.25, 0.3) is 5.57 Å². The standard InChI is InChI=1S/C20H25F3N6O/c21-20(22,23)17-10-18(27-19(16(17)12-25)29-4-1-5-29)14(11-24)13-26-15-2-6-28(7-3-15)8-9-30/h10-11,13,15,24,26,30H,1-9H2/b14-13+,24-11?. The van der Waals surface area contributed by atoms with Crippen molar-refractivity contribution in [3.8, 4) is 6.07 Å². The van der Waals surface area contributed by atoms with Crippen molar-refractivity contribution in [1.82, 2.24) is 15.2 Å². The van der Waals surface area contributed by atoms with Gasteiger partial charge < -0.3 is 25.6 Å². The lowest BCUT2D eigenvalue weighted by Gasteiger charge is -2.33. The summed E-state index contributed by atoms with van der Waals surface area (Å²) in [6.07, 6.45) is 0.311. The molecule has 0 aliphatic carbocycles. The molecule has 0 atom stereocenters. The summed E-state index contributed by atoms with van der Waals surface area (Å²) in [6, 6.07) is 2.64. The Hall–Kier alpha value is -2.64. The van der Waals surface area contributed by atoms with Crippen LogP contribution >= 0.6 is 0 Å². The molecule has 0 saturated carbocycles. The third kappa shape index (κ3) is 4.91. The fourth-order valence-corrected chi connectivity index (χ4v) is 3.63. The fourth-order valence-electron chi connectivity index (χ4n) is 3.63. The quantitative estimate of drug-likeness (QED) is 0.583. The summed E-state index contributed by atoms with van der Waals surface area (Å²) in [4.78, 5) is 8.12. The molecule has 3 rings (SSSR count). The van der Waals surface area contributed by atoms with Crippen molar-refractivity contribution in [3.05, 3.63) is 29.1 Å². The summed E-state index contributed by atoms with van der Waals surface area (Å²) < 4.78 is 40.8. The molecule has 30 heavy (non-hydrogen) atoms. The molecule has 1 aromatic rings. The topological polar surface area (TPSA) is 99.3 Å². The highest BCUT2D eigenvalue weighted by Crippen LogP contribution is 2.37. The number of hydrogen-bond acceptors (Lipinski definition) is 7. The van der Waals surface area contributed by atoms with Gasteiger partial charge in [-0.1, -0.05) is 0 Å². The number of hydrogen-bond donors (Lipinski definition) is 3. The summed E-state index contributed by atoms with van der Waals surface area (Å²) in [5.74, 6) is 0.0265. The number of nitrogens with one attached hydrogen (secondary N) is 2. The number of rotatable bonds is 7. The molecule has 162 valence electrons. The van der Waals surface area contributed by atoms with Gasteiger partial charge in [-0.25, -0.2) is 4.98 Å². The van der Waals surface area contributed by atoms with Gasteiger partial charge >= 0.3 is 6.18 Å². The lowest BCUT2D eigenvalue weighted by molar-refractivity contribution is -0.137. The Morgan fingerprint density at radius 2 is 2.03 bits per heavy atom. The normalized spacial score (nSPS) is 18.6. The van der Waals surface area contributed by atoms with E-state index in [4.69, 9.17) is 10.5 Å². The highest BCUT2D eigenvalue weighted by atomic mass is 19.4. The molecule has 7 nitrogen and oxygen atoms in total. The lowest BCUT2D eigenvalue weighted by Crippen LogP contribution is -2.42. The summed E-state index contributed by atoms with van der Waals surface area (Å²) in [5, 5.41) is 29.2. The van der Waals surface area contributed by atoms with Crippen LogP contribution in [-0.4, -0.2) is 66.6 Å². The minimum Gasteiger partial charge on any atom is -0.395 e. The van der Waals surface area contributed by atoms with Gasteiger partial charge in [0.15, 0.2) is 0 Å². The van der Waals surface area contributed by atoms with Gasteiger partial charge in [-0.05, 0) is 25.3 Å². The van der Waals surface area contributed by atoms with Crippen molar-refractivity contribution in [3.63, 3.8) is 0 Å². The van der Waals surface area contributed by atoms with Gasteiger partial charge in [-0.3, -0.25) is 0 Å². The van der Waals surface area contributed by atoms with E-state index in [9.17, 15) is 18.4 Å². The SMILES string of the molecule is N#Cc1c(C(F)(F)F)cc(/C(C=N)=C/NC2CCN(CCO)CC2)nc1N1CCC1. The number of aliphatic hydroxyl groups is 1. The number of allylic oxidation sites excluding steroid dienone is 1. The molecular weight excluding hydrogens is 397 g/mol. The van der Waals surface area contributed by atoms with Gasteiger partial charge in [-0.2, -0.15) is 18.4 Å². The Labute approximate surface area is 173 Å². The average molecular weight is 422 g/mol. The highest BCUT2D eigenvalue weighted by molar-refractivity contribution is 6.07. The first-order chi connectivity index (χ1) is 14.4. The van der Waals surface area contributed by atoms with Gasteiger partial charge in [0.2, 0.25) is 0 Å². The second-order valence-electron chi connectivity index (χ2n) is 7.45. The van der Waals surface area contributed by atoms with Crippen LogP contribution in [0.1, 0.15) is 36.1 Å². The lowest BCUT2D eigenvalue weighted by atomic mass is 10.0. The van der Waals surface area contributed by atoms with Crippen LogP contribution in [-0.2, 0) is 6.18 Å². The monoisotopic (exact) mass is 422 g/mol. The number of pyridine rings is 1. The van der Waals surface area contributed by atoms with E-state index in [0.29, 0.717) is 19.6 Å². The molecule has 0 radical (unpaired) electrons. The summed E-state index contributed by atoms with van der Waals surface area (Å²) in [7, 11) is 0. The number of alkyl halides is 3. The predicted molar refractivity (Wildman–Crippen MR) is 107 cm³/mol. The molecule has 0 aromatic carbocycles. The van der Waals surface area contributed by atoms with E-state index in [2.05, 4.69) is 15.2 Å². The molecule has 10 heteroatoms. The number of nitrogens with zero attached hydrogens (tertiary/aromatic N) is 4. The Morgan fingerprint density at radius 3 is 2.53 bits per heavy atom. The zero-order valence-electron chi connectivity index (χ0n) is 16.5. The van der Waals surface area contributed by atoms with E-state index in [-0.39, 0.29) is 29.7 Å². The van der Waals surface area contributed by atoms with Crippen LogP contribution in [0.2, 0.25) is 0 Å². The average Bonchev–Trinajstić information content (AvgIpc) is 2.67. The van der Waals surface area contributed by atoms with Gasteiger partial charge in [-0.15, -0.1) is 0 Å². The minimum atomic E-state index is -4.69. The van der Waals surface area contributed by atoms with Crippen molar-refractivity contribution in [2.75, 3.05) is 44.2 Å². The number of aliphatic hydroxyl groups excluding tert-OH is 1. The zero-order valence-corrected chi connectivity index (χ0v) is 16.5. The molecule has 0 unspecified atom stereocenters. The molecule has 2 aliphatic heterocycles. The Bertz CT molecular complexity index is 836. The molecule has 2 fully saturated rings. The van der Waals surface area contributed by atoms with Crippen molar-refractivity contribution in [1.29, 1.82) is 10.7 Å². The smallest absolute Gasteiger partial charge is 0.395 e. The second-order valence-corrected chi connectivity index (χ2v) is 7.45. The van der Waals surface area contributed by atoms with Crippen molar-refractivity contribution >= 4 is 17.6 Å². The zero-order chi connectivity index (χ0) is 21.7. The minimum absolute atomic E-state index is 0.0171. The van der Waals surface area contributed by atoms with E-state index >= 15 is 0 Å². The number of likely N-dealkylation sites (tertiary alicyclic amines) is 1. The summed E-state index contributed by atoms with van der Waals surface area (Å²) >= 11 is 0. The first-order valence-electron chi connectivity index (χ1n) is 9.95. The van der Waals surface area contributed by atoms with Crippen LogP contribution in [0, 0.1) is 16.7 Å². The maximum Gasteiger partial charge on any atom is 0.417 e. The van der Waals surface area contributed by atoms with E-state index in [1.165, 1.54) is 6.20 Å². The number of aromatic nitrogens is 1. The fraction of sp³-hybridized carbons (Fsp3) is 0.550. The van der Waals surface area contributed by atoms with E-state index in [1.54, 1.807) is 11.0 Å². The molecule has 3 heterocycles. The third-order valence-electron chi connectivity index (χ3n) is 5.50. The molecule has 1 aromatic heterocycles. The summed E-state index contributed by atoms with van der Waals surface area (Å²) in [5.41, 5.74) is -1.26. The highest BCUT2D eigenvalue weighted by Gasteiger charge is 2.37. The molecule has 2 aliphatic rings. The molecule has 0 spiro atoms. The Balaban J connectivity index is 1.86. The van der Waals surface area contributed by atoms with Crippen LogP contribution in [0.15, 0.2) is 12.3 Å². The van der Waals surface area contributed by atoms with Crippen molar-refractivity contribution in [2.24, 2.45) is 0 Å². The van der Waals surface area contributed by atoms with Crippen LogP contribution in [0.3, 0.4) is 0 Å². The van der Waals surface area contributed by atoms with Gasteiger partial charge in [0.1, 0.15) is 17.5 Å². The van der Waals surface area contributed by atoms with Crippen LogP contribution < -0.4 is 10.2 Å². The van der Waals surface area contributed by atoms with E-state index < -0.39 is 17.3 Å². The third-order valence-corrected chi connectivity index (χ3v) is 5.50. The number of nitriles is 1. The maximum absolute atomic E-state index is 13.6. The number of halogens is 3. The van der Waals surface area contributed by atoms with E-state index in [1.807, 2.05) is 0 Å². The second kappa shape index (κ2) is 9.45. The van der Waals surface area contributed by atoms with Gasteiger partial charge in [0, 0.05) is 56.8 Å². The van der Waals surface area contributed by atoms with Crippen molar-refractivity contribution < 1.29 is 18.3 Å². The van der Waals surface area contributed by atoms with E-state index in [0.717, 1.165) is 44.6 Å². The maximum atomic E-state index is 13.6. The molecule has 2 saturated heterocycles. The van der Waals surface area contributed by atoms with Gasteiger partial charge in [0.25, 0.3) is 0 Å². The first kappa shape index (κ1) is 22.1. The predicted octanol–water partition coefficient (Wildman–Crippen LogP) is 2.22. The Morgan fingerprint density at radius 1 is 1.33 bits per heavy atom. The summed E-state index contributed by atoms with van der Waals surface area (Å²) in [6.45, 7) is 3.48. The van der Waals surface area contributed by atoms with Crippen LogP contribution in [0.4, 0.5) is 19.0 Å². The Kier molecular flexibility index (Phi) is 6.95. The number of piperidine rings is 1. The molecular formula is C20H25F3N6O. The molecule has 0 bridgehead atoms. The largest absolute Gasteiger partial charge is 0.417 e. The number of β-amino-alcohol motifs (C(OH)–C–C–N with tert-alkyl or cyclic N) is 1. The van der Waals surface area contributed by atoms with Crippen LogP contribution in [0.5, 0.6) is 0 Å². The van der Waals surface area contributed by atoms with Gasteiger partial charge in [0.05, 0.1) is 17.9 Å². The first-order valence-corrected chi connectivity index (χ1v) is 9.95.